The van der Waals surface area contributed by atoms with Crippen LogP contribution in [0.3, 0.4) is 0 Å². The molecular weight excluding hydrogens is 236 g/mol. The van der Waals surface area contributed by atoms with Gasteiger partial charge in [0.2, 0.25) is 0 Å². The van der Waals surface area contributed by atoms with E-state index in [4.69, 9.17) is 4.74 Å². The molecule has 1 aromatic carbocycles. The van der Waals surface area contributed by atoms with Crippen molar-refractivity contribution in [2.75, 3.05) is 33.3 Å². The SMILES string of the molecule is CCCNCC1OCCN(C)C1c1cccc(C)c1. The maximum Gasteiger partial charge on any atom is 0.0896 e. The summed E-state index contributed by atoms with van der Waals surface area (Å²) >= 11 is 0. The highest BCUT2D eigenvalue weighted by atomic mass is 16.5. The summed E-state index contributed by atoms with van der Waals surface area (Å²) in [6.07, 6.45) is 1.41. The van der Waals surface area contributed by atoms with E-state index in [1.54, 1.807) is 0 Å². The van der Waals surface area contributed by atoms with Crippen LogP contribution in [0.5, 0.6) is 0 Å². The van der Waals surface area contributed by atoms with Crippen molar-refractivity contribution in [3.8, 4) is 0 Å². The number of hydrogen-bond acceptors (Lipinski definition) is 3. The molecule has 106 valence electrons. The Morgan fingerprint density at radius 2 is 2.26 bits per heavy atom. The summed E-state index contributed by atoms with van der Waals surface area (Å²) in [6, 6.07) is 9.15. The third-order valence-electron chi connectivity index (χ3n) is 3.76. The Kier molecular flexibility index (Phi) is 5.37. The van der Waals surface area contributed by atoms with Gasteiger partial charge in [0, 0.05) is 13.1 Å². The van der Waals surface area contributed by atoms with Crippen LogP contribution in [0.25, 0.3) is 0 Å². The summed E-state index contributed by atoms with van der Waals surface area (Å²) in [4.78, 5) is 2.41. The van der Waals surface area contributed by atoms with E-state index in [-0.39, 0.29) is 6.10 Å². The molecule has 1 heterocycles. The van der Waals surface area contributed by atoms with Crippen molar-refractivity contribution in [3.63, 3.8) is 0 Å². The molecule has 0 bridgehead atoms. The van der Waals surface area contributed by atoms with Gasteiger partial charge < -0.3 is 10.1 Å². The summed E-state index contributed by atoms with van der Waals surface area (Å²) in [5.41, 5.74) is 2.68. The molecule has 1 aliphatic heterocycles. The predicted molar refractivity (Wildman–Crippen MR) is 79.5 cm³/mol. The topological polar surface area (TPSA) is 24.5 Å². The molecule has 0 aliphatic carbocycles. The van der Waals surface area contributed by atoms with E-state index in [1.807, 2.05) is 0 Å². The number of rotatable bonds is 5. The molecule has 1 saturated heterocycles. The summed E-state index contributed by atoms with van der Waals surface area (Å²) in [5, 5.41) is 3.49. The average Bonchev–Trinajstić information content (AvgIpc) is 2.39. The fraction of sp³-hybridized carbons (Fsp3) is 0.625. The van der Waals surface area contributed by atoms with Gasteiger partial charge in [0.25, 0.3) is 0 Å². The Hall–Kier alpha value is -0.900. The fourth-order valence-electron chi connectivity index (χ4n) is 2.78. The number of nitrogens with one attached hydrogen (secondary N) is 1. The zero-order chi connectivity index (χ0) is 13.7. The number of aryl methyl sites for hydroxylation is 1. The van der Waals surface area contributed by atoms with E-state index in [2.05, 4.69) is 55.4 Å². The Morgan fingerprint density at radius 3 is 3.00 bits per heavy atom. The maximum atomic E-state index is 6.00. The third-order valence-corrected chi connectivity index (χ3v) is 3.76. The van der Waals surface area contributed by atoms with Gasteiger partial charge in [-0.25, -0.2) is 0 Å². The number of likely N-dealkylation sites (N-methyl/N-ethyl adjacent to an activating group) is 1. The fourth-order valence-corrected chi connectivity index (χ4v) is 2.78. The highest BCUT2D eigenvalue weighted by Crippen LogP contribution is 2.28. The Labute approximate surface area is 116 Å². The lowest BCUT2D eigenvalue weighted by Crippen LogP contribution is -2.47. The zero-order valence-electron chi connectivity index (χ0n) is 12.4. The monoisotopic (exact) mass is 262 g/mol. The molecule has 3 heteroatoms. The quantitative estimate of drug-likeness (QED) is 0.825. The largest absolute Gasteiger partial charge is 0.374 e. The molecule has 0 spiro atoms. The minimum Gasteiger partial charge on any atom is -0.374 e. The maximum absolute atomic E-state index is 6.00. The minimum absolute atomic E-state index is 0.243. The Bertz CT molecular complexity index is 394. The van der Waals surface area contributed by atoms with Gasteiger partial charge in [-0.3, -0.25) is 4.90 Å². The summed E-state index contributed by atoms with van der Waals surface area (Å²) in [6.45, 7) is 8.16. The number of benzene rings is 1. The van der Waals surface area contributed by atoms with Crippen LogP contribution in [0.2, 0.25) is 0 Å². The first-order chi connectivity index (χ1) is 9.22. The van der Waals surface area contributed by atoms with E-state index in [0.29, 0.717) is 6.04 Å². The normalized spacial score (nSPS) is 24.6. The lowest BCUT2D eigenvalue weighted by molar-refractivity contribution is -0.0612. The second kappa shape index (κ2) is 7.04. The standard InChI is InChI=1S/C16H26N2O/c1-4-8-17-12-15-16(18(3)9-10-19-15)14-7-5-6-13(2)11-14/h5-7,11,15-17H,4,8-10,12H2,1-3H3. The first kappa shape index (κ1) is 14.5. The molecule has 2 rings (SSSR count). The van der Waals surface area contributed by atoms with Crippen LogP contribution in [0.4, 0.5) is 0 Å². The molecule has 1 fully saturated rings. The second-order valence-corrected chi connectivity index (χ2v) is 5.45. The van der Waals surface area contributed by atoms with Crippen molar-refractivity contribution in [1.29, 1.82) is 0 Å². The van der Waals surface area contributed by atoms with Crippen molar-refractivity contribution >= 4 is 0 Å². The smallest absolute Gasteiger partial charge is 0.0896 e. The summed E-state index contributed by atoms with van der Waals surface area (Å²) in [7, 11) is 2.20. The highest BCUT2D eigenvalue weighted by molar-refractivity contribution is 5.26. The van der Waals surface area contributed by atoms with Crippen molar-refractivity contribution in [3.05, 3.63) is 35.4 Å². The van der Waals surface area contributed by atoms with Gasteiger partial charge in [0.1, 0.15) is 0 Å². The van der Waals surface area contributed by atoms with Gasteiger partial charge in [-0.2, -0.15) is 0 Å². The first-order valence-corrected chi connectivity index (χ1v) is 7.31. The van der Waals surface area contributed by atoms with Gasteiger partial charge in [-0.05, 0) is 32.5 Å². The van der Waals surface area contributed by atoms with Gasteiger partial charge in [-0.1, -0.05) is 36.8 Å². The number of morpholine rings is 1. The molecule has 2 unspecified atom stereocenters. The first-order valence-electron chi connectivity index (χ1n) is 7.31. The molecule has 0 amide bonds. The molecule has 0 saturated carbocycles. The van der Waals surface area contributed by atoms with Crippen LogP contribution in [-0.4, -0.2) is 44.3 Å². The van der Waals surface area contributed by atoms with E-state index >= 15 is 0 Å². The van der Waals surface area contributed by atoms with Crippen LogP contribution >= 0.6 is 0 Å². The molecule has 0 radical (unpaired) electrons. The van der Waals surface area contributed by atoms with Crippen molar-refractivity contribution < 1.29 is 4.74 Å². The lowest BCUT2D eigenvalue weighted by Gasteiger charge is -2.39. The van der Waals surface area contributed by atoms with Gasteiger partial charge in [0.05, 0.1) is 18.8 Å². The molecular formula is C16H26N2O. The molecule has 0 aromatic heterocycles. The molecule has 2 atom stereocenters. The van der Waals surface area contributed by atoms with E-state index in [1.165, 1.54) is 11.1 Å². The Morgan fingerprint density at radius 1 is 1.42 bits per heavy atom. The lowest BCUT2D eigenvalue weighted by atomic mass is 9.97. The summed E-state index contributed by atoms with van der Waals surface area (Å²) < 4.78 is 6.00. The van der Waals surface area contributed by atoms with Crippen molar-refractivity contribution in [2.45, 2.75) is 32.4 Å². The van der Waals surface area contributed by atoms with E-state index in [9.17, 15) is 0 Å². The van der Waals surface area contributed by atoms with Crippen molar-refractivity contribution in [2.24, 2.45) is 0 Å². The zero-order valence-corrected chi connectivity index (χ0v) is 12.4. The van der Waals surface area contributed by atoms with Gasteiger partial charge >= 0.3 is 0 Å². The van der Waals surface area contributed by atoms with E-state index < -0.39 is 0 Å². The minimum atomic E-state index is 0.243. The molecule has 3 nitrogen and oxygen atoms in total. The number of hydrogen-bond donors (Lipinski definition) is 1. The van der Waals surface area contributed by atoms with Crippen LogP contribution in [0.1, 0.15) is 30.5 Å². The molecule has 1 aliphatic rings. The molecule has 1 N–H and O–H groups in total. The van der Waals surface area contributed by atoms with Gasteiger partial charge in [0.15, 0.2) is 0 Å². The predicted octanol–water partition coefficient (Wildman–Crippen LogP) is 2.37. The van der Waals surface area contributed by atoms with Gasteiger partial charge in [-0.15, -0.1) is 0 Å². The molecule has 1 aromatic rings. The number of ether oxygens (including phenoxy) is 1. The van der Waals surface area contributed by atoms with Crippen LogP contribution in [0.15, 0.2) is 24.3 Å². The Balaban J connectivity index is 2.11. The van der Waals surface area contributed by atoms with Crippen LogP contribution < -0.4 is 5.32 Å². The van der Waals surface area contributed by atoms with E-state index in [0.717, 1.165) is 32.7 Å². The average molecular weight is 262 g/mol. The third kappa shape index (κ3) is 3.78. The number of nitrogens with zero attached hydrogens (tertiary/aromatic N) is 1. The van der Waals surface area contributed by atoms with Crippen molar-refractivity contribution in [1.82, 2.24) is 10.2 Å². The highest BCUT2D eigenvalue weighted by Gasteiger charge is 2.31. The summed E-state index contributed by atoms with van der Waals surface area (Å²) in [5.74, 6) is 0. The molecule has 19 heavy (non-hydrogen) atoms. The van der Waals surface area contributed by atoms with Crippen LogP contribution in [-0.2, 0) is 4.74 Å². The van der Waals surface area contributed by atoms with Crippen LogP contribution in [0, 0.1) is 6.92 Å². The second-order valence-electron chi connectivity index (χ2n) is 5.45.